The van der Waals surface area contributed by atoms with E-state index < -0.39 is 12.1 Å². The van der Waals surface area contributed by atoms with Crippen LogP contribution < -0.4 is 5.73 Å². The predicted octanol–water partition coefficient (Wildman–Crippen LogP) is 0.621. The highest BCUT2D eigenvalue weighted by molar-refractivity contribution is 5.73. The summed E-state index contributed by atoms with van der Waals surface area (Å²) in [5.74, 6) is -0.355. The number of esters is 1. The second-order valence-corrected chi connectivity index (χ2v) is 4.60. The van der Waals surface area contributed by atoms with Gasteiger partial charge in [0.1, 0.15) is 0 Å². The molecular formula is C12H20N2O5. The molecule has 0 aromatic heterocycles. The maximum Gasteiger partial charge on any atom is 0.412 e. The Labute approximate surface area is 112 Å². The number of hydrogen-bond acceptors (Lipinski definition) is 5. The van der Waals surface area contributed by atoms with Gasteiger partial charge in [-0.15, -0.1) is 0 Å². The Morgan fingerprint density at radius 1 is 1.21 bits per heavy atom. The summed E-state index contributed by atoms with van der Waals surface area (Å²) in [6, 6.07) is 0. The van der Waals surface area contributed by atoms with Crippen LogP contribution in [-0.2, 0) is 19.1 Å². The van der Waals surface area contributed by atoms with Crippen molar-refractivity contribution in [3.05, 3.63) is 0 Å². The summed E-state index contributed by atoms with van der Waals surface area (Å²) in [5.41, 5.74) is 5.10. The minimum absolute atomic E-state index is 0.289. The summed E-state index contributed by atoms with van der Waals surface area (Å²) in [7, 11) is 0. The molecule has 1 heterocycles. The van der Waals surface area contributed by atoms with E-state index in [9.17, 15) is 14.4 Å². The minimum Gasteiger partial charge on any atom is -0.428 e. The van der Waals surface area contributed by atoms with E-state index in [1.807, 2.05) is 0 Å². The van der Waals surface area contributed by atoms with Crippen LogP contribution in [0.25, 0.3) is 0 Å². The number of nitrogens with two attached hydrogens (primary N) is 1. The first-order chi connectivity index (χ1) is 8.99. The van der Waals surface area contributed by atoms with Crippen LogP contribution in [0.1, 0.15) is 32.6 Å². The third-order valence-electron chi connectivity index (χ3n) is 3.12. The topological polar surface area (TPSA) is 98.9 Å². The van der Waals surface area contributed by atoms with Gasteiger partial charge in [-0.2, -0.15) is 0 Å². The fourth-order valence-electron chi connectivity index (χ4n) is 2.00. The van der Waals surface area contributed by atoms with Gasteiger partial charge < -0.3 is 20.1 Å². The zero-order chi connectivity index (χ0) is 14.3. The largest absolute Gasteiger partial charge is 0.428 e. The molecule has 0 unspecified atom stereocenters. The van der Waals surface area contributed by atoms with Crippen LogP contribution in [0.3, 0.4) is 0 Å². The van der Waals surface area contributed by atoms with Crippen LogP contribution in [0, 0.1) is 5.92 Å². The maximum atomic E-state index is 11.6. The Hall–Kier alpha value is -1.79. The lowest BCUT2D eigenvalue weighted by Gasteiger charge is -2.30. The molecule has 1 aliphatic rings. The normalized spacial score (nSPS) is 15.9. The summed E-state index contributed by atoms with van der Waals surface area (Å²) < 4.78 is 9.32. The first-order valence-electron chi connectivity index (χ1n) is 6.32. The van der Waals surface area contributed by atoms with E-state index in [1.54, 1.807) is 4.90 Å². The SMILES string of the molecule is CC(=O)OCOC(=O)N1CCC(CCC(N)=O)CC1. The highest BCUT2D eigenvalue weighted by atomic mass is 16.7. The van der Waals surface area contributed by atoms with Crippen molar-refractivity contribution < 1.29 is 23.9 Å². The number of rotatable bonds is 5. The smallest absolute Gasteiger partial charge is 0.412 e. The van der Waals surface area contributed by atoms with Gasteiger partial charge in [-0.05, 0) is 25.2 Å². The number of ether oxygens (including phenoxy) is 2. The Kier molecular flexibility index (Phi) is 6.11. The first-order valence-corrected chi connectivity index (χ1v) is 6.32. The highest BCUT2D eigenvalue weighted by Crippen LogP contribution is 2.22. The number of carbonyl (C=O) groups is 3. The molecule has 1 saturated heterocycles. The van der Waals surface area contributed by atoms with Gasteiger partial charge in [0.15, 0.2) is 0 Å². The van der Waals surface area contributed by atoms with Gasteiger partial charge in [-0.1, -0.05) is 0 Å². The van der Waals surface area contributed by atoms with Crippen LogP contribution in [0.15, 0.2) is 0 Å². The molecular weight excluding hydrogens is 252 g/mol. The molecule has 0 spiro atoms. The molecule has 0 aromatic rings. The monoisotopic (exact) mass is 272 g/mol. The Bertz CT molecular complexity index is 337. The number of amides is 2. The fourth-order valence-corrected chi connectivity index (χ4v) is 2.00. The number of nitrogens with zero attached hydrogens (tertiary/aromatic N) is 1. The van der Waals surface area contributed by atoms with Gasteiger partial charge in [0.2, 0.25) is 12.7 Å². The molecule has 7 heteroatoms. The van der Waals surface area contributed by atoms with Gasteiger partial charge >= 0.3 is 12.1 Å². The van der Waals surface area contributed by atoms with Gasteiger partial charge in [0.25, 0.3) is 0 Å². The van der Waals surface area contributed by atoms with E-state index in [0.29, 0.717) is 25.4 Å². The average molecular weight is 272 g/mol. The van der Waals surface area contributed by atoms with E-state index in [-0.39, 0.29) is 12.7 Å². The van der Waals surface area contributed by atoms with E-state index in [4.69, 9.17) is 10.5 Å². The van der Waals surface area contributed by atoms with Crippen molar-refractivity contribution in [3.8, 4) is 0 Å². The van der Waals surface area contributed by atoms with Gasteiger partial charge in [0.05, 0.1) is 0 Å². The third-order valence-corrected chi connectivity index (χ3v) is 3.12. The quantitative estimate of drug-likeness (QED) is 0.584. The zero-order valence-corrected chi connectivity index (χ0v) is 11.1. The van der Waals surface area contributed by atoms with Crippen molar-refractivity contribution in [1.82, 2.24) is 4.90 Å². The summed E-state index contributed by atoms with van der Waals surface area (Å²) in [5, 5.41) is 0. The first kappa shape index (κ1) is 15.3. The van der Waals surface area contributed by atoms with Gasteiger partial charge in [-0.25, -0.2) is 4.79 Å². The van der Waals surface area contributed by atoms with Crippen molar-refractivity contribution in [2.75, 3.05) is 19.9 Å². The van der Waals surface area contributed by atoms with E-state index in [1.165, 1.54) is 6.92 Å². The Morgan fingerprint density at radius 2 is 1.84 bits per heavy atom. The van der Waals surface area contributed by atoms with Gasteiger partial charge in [0, 0.05) is 26.4 Å². The number of primary amides is 1. The van der Waals surface area contributed by atoms with Crippen LogP contribution in [0.5, 0.6) is 0 Å². The number of hydrogen-bond donors (Lipinski definition) is 1. The fraction of sp³-hybridized carbons (Fsp3) is 0.750. The molecule has 0 atom stereocenters. The molecule has 1 rings (SSSR count). The molecule has 0 bridgehead atoms. The number of likely N-dealkylation sites (tertiary alicyclic amines) is 1. The van der Waals surface area contributed by atoms with Crippen LogP contribution >= 0.6 is 0 Å². The number of carbonyl (C=O) groups excluding carboxylic acids is 3. The van der Waals surface area contributed by atoms with Crippen LogP contribution in [0.2, 0.25) is 0 Å². The second kappa shape index (κ2) is 7.60. The molecule has 0 saturated carbocycles. The van der Waals surface area contributed by atoms with Crippen molar-refractivity contribution >= 4 is 18.0 Å². The van der Waals surface area contributed by atoms with E-state index >= 15 is 0 Å². The van der Waals surface area contributed by atoms with E-state index in [0.717, 1.165) is 19.3 Å². The summed E-state index contributed by atoms with van der Waals surface area (Å²) >= 11 is 0. The summed E-state index contributed by atoms with van der Waals surface area (Å²) in [6.45, 7) is 2.07. The Balaban J connectivity index is 2.19. The lowest BCUT2D eigenvalue weighted by Crippen LogP contribution is -2.39. The average Bonchev–Trinajstić information content (AvgIpc) is 2.36. The van der Waals surface area contributed by atoms with Crippen molar-refractivity contribution in [1.29, 1.82) is 0 Å². The van der Waals surface area contributed by atoms with Crippen LogP contribution in [0.4, 0.5) is 4.79 Å². The highest BCUT2D eigenvalue weighted by Gasteiger charge is 2.23. The number of piperidine rings is 1. The Morgan fingerprint density at radius 3 is 2.37 bits per heavy atom. The third kappa shape index (κ3) is 6.08. The molecule has 108 valence electrons. The predicted molar refractivity (Wildman–Crippen MR) is 65.8 cm³/mol. The van der Waals surface area contributed by atoms with Crippen LogP contribution in [-0.4, -0.2) is 42.8 Å². The molecule has 1 aliphatic heterocycles. The molecule has 2 amide bonds. The van der Waals surface area contributed by atoms with Crippen molar-refractivity contribution in [3.63, 3.8) is 0 Å². The maximum absolute atomic E-state index is 11.6. The van der Waals surface area contributed by atoms with Crippen molar-refractivity contribution in [2.24, 2.45) is 11.7 Å². The molecule has 0 aromatic carbocycles. The lowest BCUT2D eigenvalue weighted by atomic mass is 9.92. The minimum atomic E-state index is -0.488. The summed E-state index contributed by atoms with van der Waals surface area (Å²) in [6.07, 6.45) is 2.34. The second-order valence-electron chi connectivity index (χ2n) is 4.60. The van der Waals surface area contributed by atoms with Crippen molar-refractivity contribution in [2.45, 2.75) is 32.6 Å². The van der Waals surface area contributed by atoms with Gasteiger partial charge in [-0.3, -0.25) is 9.59 Å². The molecule has 19 heavy (non-hydrogen) atoms. The molecule has 2 N–H and O–H groups in total. The molecule has 1 fully saturated rings. The standard InChI is InChI=1S/C12H20N2O5/c1-9(15)18-8-19-12(17)14-6-4-10(5-7-14)2-3-11(13)16/h10H,2-8H2,1H3,(H2,13,16). The molecule has 7 nitrogen and oxygen atoms in total. The summed E-state index contributed by atoms with van der Waals surface area (Å²) in [4.78, 5) is 34.4. The lowest BCUT2D eigenvalue weighted by molar-refractivity contribution is -0.149. The molecule has 0 aliphatic carbocycles. The molecule has 0 radical (unpaired) electrons. The zero-order valence-electron chi connectivity index (χ0n) is 11.1. The van der Waals surface area contributed by atoms with E-state index in [2.05, 4.69) is 4.74 Å².